The van der Waals surface area contributed by atoms with Crippen LogP contribution in [0.1, 0.15) is 12.8 Å². The van der Waals surface area contributed by atoms with Crippen LogP contribution in [0.15, 0.2) is 24.3 Å². The zero-order chi connectivity index (χ0) is 17.6. The van der Waals surface area contributed by atoms with Crippen LogP contribution < -0.4 is 15.0 Å². The van der Waals surface area contributed by atoms with Crippen molar-refractivity contribution in [1.82, 2.24) is 4.90 Å². The van der Waals surface area contributed by atoms with Gasteiger partial charge in [-0.05, 0) is 25.0 Å². The Hall–Kier alpha value is -2.12. The maximum absolute atomic E-state index is 12.3. The van der Waals surface area contributed by atoms with Crippen molar-refractivity contribution in [2.45, 2.75) is 18.9 Å². The normalized spacial score (nSPS) is 21.2. The van der Waals surface area contributed by atoms with Crippen molar-refractivity contribution in [2.24, 2.45) is 0 Å². The summed E-state index contributed by atoms with van der Waals surface area (Å²) in [5, 5.41) is 2.90. The number of hydrogen-bond donors (Lipinski definition) is 2. The second-order valence-electron chi connectivity index (χ2n) is 6.53. The first-order chi connectivity index (χ1) is 12.2. The first-order valence-electron chi connectivity index (χ1n) is 8.83. The van der Waals surface area contributed by atoms with E-state index in [2.05, 4.69) is 5.32 Å². The van der Waals surface area contributed by atoms with Crippen LogP contribution in [0, 0.1) is 0 Å². The lowest BCUT2D eigenvalue weighted by Gasteiger charge is -2.33. The van der Waals surface area contributed by atoms with E-state index in [1.807, 2.05) is 23.1 Å². The van der Waals surface area contributed by atoms with E-state index in [1.165, 1.54) is 4.90 Å². The van der Waals surface area contributed by atoms with Crippen molar-refractivity contribution in [3.8, 4) is 5.75 Å². The van der Waals surface area contributed by atoms with Crippen LogP contribution in [0.3, 0.4) is 0 Å². The first kappa shape index (κ1) is 17.7. The summed E-state index contributed by atoms with van der Waals surface area (Å²) in [6.45, 7) is 4.01. The minimum atomic E-state index is -0.252. The average Bonchev–Trinajstić information content (AvgIpc) is 3.16. The van der Waals surface area contributed by atoms with Gasteiger partial charge < -0.3 is 24.6 Å². The van der Waals surface area contributed by atoms with E-state index in [0.717, 1.165) is 31.6 Å². The summed E-state index contributed by atoms with van der Waals surface area (Å²) in [5.41, 5.74) is 0.732. The number of piperazine rings is 1. The Bertz CT molecular complexity index is 608. The zero-order valence-corrected chi connectivity index (χ0v) is 14.6. The van der Waals surface area contributed by atoms with Gasteiger partial charge in [0, 0.05) is 18.4 Å². The second kappa shape index (κ2) is 8.31. The molecule has 2 aliphatic heterocycles. The number of nitrogens with zero attached hydrogens (tertiary/aromatic N) is 1. The van der Waals surface area contributed by atoms with Gasteiger partial charge in [0.05, 0.1) is 33.3 Å². The van der Waals surface area contributed by atoms with Crippen LogP contribution >= 0.6 is 0 Å². The van der Waals surface area contributed by atoms with E-state index < -0.39 is 0 Å². The number of ether oxygens (including phenoxy) is 2. The summed E-state index contributed by atoms with van der Waals surface area (Å²) in [7, 11) is 1.60. The predicted molar refractivity (Wildman–Crippen MR) is 92.7 cm³/mol. The highest BCUT2D eigenvalue weighted by Gasteiger charge is 2.31. The summed E-state index contributed by atoms with van der Waals surface area (Å²) >= 11 is 0. The molecule has 0 aromatic heterocycles. The first-order valence-corrected chi connectivity index (χ1v) is 8.83. The average molecular weight is 348 g/mol. The highest BCUT2D eigenvalue weighted by molar-refractivity contribution is 5.91. The van der Waals surface area contributed by atoms with Crippen molar-refractivity contribution >= 4 is 17.5 Å². The van der Waals surface area contributed by atoms with Crippen molar-refractivity contribution in [3.05, 3.63) is 24.3 Å². The molecule has 0 bridgehead atoms. The summed E-state index contributed by atoms with van der Waals surface area (Å²) in [4.78, 5) is 27.6. The lowest BCUT2D eigenvalue weighted by atomic mass is 10.2. The molecule has 25 heavy (non-hydrogen) atoms. The molecule has 1 atom stereocenters. The van der Waals surface area contributed by atoms with Crippen LogP contribution in [0.5, 0.6) is 5.75 Å². The molecule has 0 unspecified atom stereocenters. The third-order valence-electron chi connectivity index (χ3n) is 4.75. The minimum absolute atomic E-state index is 0.0258. The maximum atomic E-state index is 12.3. The Kier molecular flexibility index (Phi) is 5.88. The molecule has 2 amide bonds. The zero-order valence-electron chi connectivity index (χ0n) is 14.6. The topological polar surface area (TPSA) is 72.3 Å². The number of nitrogens with one attached hydrogen (secondary N) is 2. The molecule has 1 aromatic carbocycles. The molecular weight excluding hydrogens is 322 g/mol. The molecule has 3 rings (SSSR count). The number of anilines is 1. The number of hydrogen-bond acceptors (Lipinski definition) is 4. The molecule has 136 valence electrons. The summed E-state index contributed by atoms with van der Waals surface area (Å²) in [6, 6.07) is 7.32. The van der Waals surface area contributed by atoms with E-state index in [4.69, 9.17) is 9.47 Å². The highest BCUT2D eigenvalue weighted by atomic mass is 16.5. The highest BCUT2D eigenvalue weighted by Crippen LogP contribution is 2.16. The van der Waals surface area contributed by atoms with Crippen LogP contribution in [-0.4, -0.2) is 69.3 Å². The number of rotatable bonds is 5. The second-order valence-corrected chi connectivity index (χ2v) is 6.53. The van der Waals surface area contributed by atoms with Gasteiger partial charge >= 0.3 is 0 Å². The van der Waals surface area contributed by atoms with Gasteiger partial charge in [-0.15, -0.1) is 0 Å². The Labute approximate surface area is 147 Å². The Morgan fingerprint density at radius 2 is 2.16 bits per heavy atom. The fraction of sp³-hybridized carbons (Fsp3) is 0.556. The Morgan fingerprint density at radius 3 is 2.84 bits per heavy atom. The molecule has 0 aliphatic carbocycles. The van der Waals surface area contributed by atoms with Crippen molar-refractivity contribution in [3.63, 3.8) is 0 Å². The molecule has 2 fully saturated rings. The Morgan fingerprint density at radius 1 is 1.36 bits per heavy atom. The van der Waals surface area contributed by atoms with Gasteiger partial charge in [-0.1, -0.05) is 6.07 Å². The van der Waals surface area contributed by atoms with Gasteiger partial charge in [-0.2, -0.15) is 0 Å². The van der Waals surface area contributed by atoms with Crippen LogP contribution in [0.2, 0.25) is 0 Å². The number of carbonyl (C=O) groups excluding carboxylic acids is 2. The summed E-state index contributed by atoms with van der Waals surface area (Å²) < 4.78 is 10.6. The van der Waals surface area contributed by atoms with E-state index in [-0.39, 0.29) is 17.9 Å². The van der Waals surface area contributed by atoms with Gasteiger partial charge in [0.2, 0.25) is 0 Å². The predicted octanol–water partition coefficient (Wildman–Crippen LogP) is -0.460. The smallest absolute Gasteiger partial charge is 0.279 e. The number of carbonyl (C=O) groups is 2. The molecular formula is C18H26N3O4+. The van der Waals surface area contributed by atoms with Gasteiger partial charge in [-0.3, -0.25) is 9.59 Å². The third kappa shape index (κ3) is 4.70. The van der Waals surface area contributed by atoms with E-state index in [1.54, 1.807) is 13.2 Å². The maximum Gasteiger partial charge on any atom is 0.279 e. The van der Waals surface area contributed by atoms with Crippen molar-refractivity contribution < 1.29 is 24.0 Å². The summed E-state index contributed by atoms with van der Waals surface area (Å²) in [5.74, 6) is 0.797. The van der Waals surface area contributed by atoms with Gasteiger partial charge in [0.25, 0.3) is 11.8 Å². The van der Waals surface area contributed by atoms with Crippen LogP contribution in [-0.2, 0) is 14.3 Å². The quantitative estimate of drug-likeness (QED) is 0.755. The molecule has 2 saturated heterocycles. The molecule has 0 radical (unpaired) electrons. The largest absolute Gasteiger partial charge is 0.497 e. The number of amides is 2. The number of methoxy groups -OCH3 is 1. The number of benzene rings is 1. The van der Waals surface area contributed by atoms with Gasteiger partial charge in [0.1, 0.15) is 11.9 Å². The molecule has 2 N–H and O–H groups in total. The van der Waals surface area contributed by atoms with E-state index in [9.17, 15) is 9.59 Å². The molecule has 7 heteroatoms. The standard InChI is InChI=1S/C18H25N3O4/c1-24-15-5-2-4-14(12-15)19-17(22)13-20-7-9-21(10-8-20)18(23)16-6-3-11-25-16/h2,4-5,12,16H,3,6-11,13H2,1H3,(H,19,22)/p+1/t16-/m1/s1. The SMILES string of the molecule is COc1cccc(NC(=O)C[NH+]2CCN(C(=O)[C@H]3CCCO3)CC2)c1. The number of quaternary nitrogens is 1. The summed E-state index contributed by atoms with van der Waals surface area (Å²) in [6.07, 6.45) is 1.54. The molecule has 0 saturated carbocycles. The fourth-order valence-electron chi connectivity index (χ4n) is 3.33. The Balaban J connectivity index is 1.43. The van der Waals surface area contributed by atoms with Crippen molar-refractivity contribution in [2.75, 3.05) is 51.8 Å². The molecule has 1 aromatic rings. The van der Waals surface area contributed by atoms with E-state index in [0.29, 0.717) is 32.0 Å². The monoisotopic (exact) mass is 348 g/mol. The lowest BCUT2D eigenvalue weighted by molar-refractivity contribution is -0.895. The van der Waals surface area contributed by atoms with E-state index >= 15 is 0 Å². The molecule has 2 aliphatic rings. The fourth-order valence-corrected chi connectivity index (χ4v) is 3.33. The minimum Gasteiger partial charge on any atom is -0.497 e. The van der Waals surface area contributed by atoms with Gasteiger partial charge in [0.15, 0.2) is 6.54 Å². The van der Waals surface area contributed by atoms with Gasteiger partial charge in [-0.25, -0.2) is 0 Å². The lowest BCUT2D eigenvalue weighted by Crippen LogP contribution is -3.15. The van der Waals surface area contributed by atoms with Crippen LogP contribution in [0.4, 0.5) is 5.69 Å². The molecule has 2 heterocycles. The van der Waals surface area contributed by atoms with Crippen LogP contribution in [0.25, 0.3) is 0 Å². The molecule has 0 spiro atoms. The van der Waals surface area contributed by atoms with Crippen molar-refractivity contribution in [1.29, 1.82) is 0 Å². The molecule has 7 nitrogen and oxygen atoms in total. The third-order valence-corrected chi connectivity index (χ3v) is 4.75.